The fraction of sp³-hybridized carbons (Fsp3) is 0. The maximum atomic E-state index is 9.98. The molecule has 2 N–H and O–H groups in total. The second-order valence-electron chi connectivity index (χ2n) is 3.69. The van der Waals surface area contributed by atoms with Gasteiger partial charge in [-0.1, -0.05) is 12.1 Å². The quantitative estimate of drug-likeness (QED) is 0.703. The van der Waals surface area contributed by atoms with Gasteiger partial charge in [-0.2, -0.15) is 0 Å². The van der Waals surface area contributed by atoms with E-state index in [4.69, 9.17) is 5.11 Å². The normalized spacial score (nSPS) is 8.95. The minimum atomic E-state index is -1.01. The summed E-state index contributed by atoms with van der Waals surface area (Å²) in [6.45, 7) is 0. The van der Waals surface area contributed by atoms with Gasteiger partial charge in [0, 0.05) is 35.7 Å². The Morgan fingerprint density at radius 2 is 1.52 bits per heavy atom. The van der Waals surface area contributed by atoms with Gasteiger partial charge in [-0.15, -0.1) is 0 Å². The second-order valence-corrected chi connectivity index (χ2v) is 3.69. The molecule has 3 rings (SSSR count). The first-order chi connectivity index (χ1) is 9.77. The molecule has 0 bridgehead atoms. The molecule has 7 heteroatoms. The molecule has 0 saturated heterocycles. The average molecular weight is 332 g/mol. The molecule has 0 fully saturated rings. The first-order valence-electron chi connectivity index (χ1n) is 5.82. The van der Waals surface area contributed by atoms with Crippen molar-refractivity contribution >= 4 is 5.97 Å². The maximum absolute atomic E-state index is 9.98. The summed E-state index contributed by atoms with van der Waals surface area (Å²) in [7, 11) is 0. The molecule has 6 nitrogen and oxygen atoms in total. The predicted molar refractivity (Wildman–Crippen MR) is 73.0 cm³/mol. The Morgan fingerprint density at radius 1 is 0.952 bits per heavy atom. The summed E-state index contributed by atoms with van der Waals surface area (Å²) in [5.74, 6) is -1.01. The number of pyridine rings is 2. The molecule has 21 heavy (non-hydrogen) atoms. The van der Waals surface area contributed by atoms with Gasteiger partial charge >= 0.3 is 5.97 Å². The number of carbonyl (C=O) groups is 1. The fourth-order valence-corrected chi connectivity index (χ4v) is 1.41. The summed E-state index contributed by atoms with van der Waals surface area (Å²) in [6.07, 6.45) is 6.18. The van der Waals surface area contributed by atoms with Gasteiger partial charge in [0.1, 0.15) is 0 Å². The van der Waals surface area contributed by atoms with Crippen molar-refractivity contribution in [2.75, 3.05) is 0 Å². The number of carboxylic acids is 1. The van der Waals surface area contributed by atoms with E-state index in [0.29, 0.717) is 0 Å². The SMILES string of the molecule is O=C(O)c1c[nH]cn1.[Cu].c1ccc(-c2ccccn2)nc1. The van der Waals surface area contributed by atoms with E-state index < -0.39 is 5.97 Å². The third kappa shape index (κ3) is 5.18. The van der Waals surface area contributed by atoms with Crippen LogP contribution in [0.1, 0.15) is 10.5 Å². The predicted octanol–water partition coefficient (Wildman–Crippen LogP) is 2.25. The van der Waals surface area contributed by atoms with Gasteiger partial charge in [0.05, 0.1) is 17.7 Å². The molecular weight excluding hydrogens is 320 g/mol. The van der Waals surface area contributed by atoms with Crippen LogP contribution in [0.25, 0.3) is 11.4 Å². The number of rotatable bonds is 2. The number of hydrogen-bond donors (Lipinski definition) is 2. The maximum Gasteiger partial charge on any atom is 0.356 e. The van der Waals surface area contributed by atoms with Crippen molar-refractivity contribution < 1.29 is 27.0 Å². The molecule has 111 valence electrons. The van der Waals surface area contributed by atoms with Crippen molar-refractivity contribution in [3.05, 3.63) is 67.0 Å². The fourth-order valence-electron chi connectivity index (χ4n) is 1.41. The number of nitrogens with zero attached hydrogens (tertiary/aromatic N) is 3. The third-order valence-electron chi connectivity index (χ3n) is 2.31. The van der Waals surface area contributed by atoms with E-state index in [2.05, 4.69) is 19.9 Å². The molecule has 3 aromatic rings. The Kier molecular flexibility index (Phi) is 6.80. The minimum Gasteiger partial charge on any atom is -0.476 e. The molecule has 1 radical (unpaired) electrons. The van der Waals surface area contributed by atoms with E-state index in [-0.39, 0.29) is 22.8 Å². The number of carboxylic acid groups (broad SMARTS) is 1. The number of imidazole rings is 1. The van der Waals surface area contributed by atoms with Gasteiger partial charge < -0.3 is 10.1 Å². The van der Waals surface area contributed by atoms with Crippen LogP contribution in [-0.2, 0) is 17.1 Å². The number of aromatic amines is 1. The van der Waals surface area contributed by atoms with Crippen LogP contribution in [0.4, 0.5) is 0 Å². The topological polar surface area (TPSA) is 91.8 Å². The zero-order valence-electron chi connectivity index (χ0n) is 10.8. The Hall–Kier alpha value is -2.50. The van der Waals surface area contributed by atoms with Crippen LogP contribution in [0.2, 0.25) is 0 Å². The Morgan fingerprint density at radius 3 is 1.81 bits per heavy atom. The van der Waals surface area contributed by atoms with Crippen molar-refractivity contribution in [1.29, 1.82) is 0 Å². The van der Waals surface area contributed by atoms with Gasteiger partial charge in [0.2, 0.25) is 0 Å². The molecule has 3 aromatic heterocycles. The molecular formula is C14H12CuN4O2. The standard InChI is InChI=1S/C10H8N2.C4H4N2O2.Cu/c1-3-7-11-9(5-1)10-6-2-4-8-12-10;7-4(8)3-1-5-2-6-3;/h1-8H;1-2H,(H,5,6)(H,7,8);. The van der Waals surface area contributed by atoms with E-state index in [1.165, 1.54) is 12.5 Å². The minimum absolute atomic E-state index is 0. The Labute approximate surface area is 131 Å². The van der Waals surface area contributed by atoms with Gasteiger partial charge in [0.25, 0.3) is 0 Å². The molecule has 0 amide bonds. The molecule has 0 saturated carbocycles. The first-order valence-corrected chi connectivity index (χ1v) is 5.82. The van der Waals surface area contributed by atoms with E-state index in [1.807, 2.05) is 36.4 Å². The Balaban J connectivity index is 0.000000216. The number of nitrogens with one attached hydrogen (secondary N) is 1. The van der Waals surface area contributed by atoms with Crippen LogP contribution in [0.5, 0.6) is 0 Å². The molecule has 0 aliphatic heterocycles. The molecule has 0 atom stereocenters. The summed E-state index contributed by atoms with van der Waals surface area (Å²) >= 11 is 0. The number of H-pyrrole nitrogens is 1. The summed E-state index contributed by atoms with van der Waals surface area (Å²) in [4.78, 5) is 24.3. The third-order valence-corrected chi connectivity index (χ3v) is 2.31. The van der Waals surface area contributed by atoms with Gasteiger partial charge in [-0.25, -0.2) is 9.78 Å². The monoisotopic (exact) mass is 331 g/mol. The molecule has 0 unspecified atom stereocenters. The van der Waals surface area contributed by atoms with Crippen LogP contribution < -0.4 is 0 Å². The smallest absolute Gasteiger partial charge is 0.356 e. The van der Waals surface area contributed by atoms with Gasteiger partial charge in [-0.3, -0.25) is 9.97 Å². The first kappa shape index (κ1) is 16.6. The van der Waals surface area contributed by atoms with Gasteiger partial charge in [-0.05, 0) is 24.3 Å². The second kappa shape index (κ2) is 8.63. The van der Waals surface area contributed by atoms with Crippen molar-refractivity contribution in [3.63, 3.8) is 0 Å². The van der Waals surface area contributed by atoms with Crippen LogP contribution in [0.3, 0.4) is 0 Å². The van der Waals surface area contributed by atoms with Crippen molar-refractivity contribution in [2.24, 2.45) is 0 Å². The zero-order chi connectivity index (χ0) is 14.2. The summed E-state index contributed by atoms with van der Waals surface area (Å²) in [5.41, 5.74) is 1.88. The van der Waals surface area contributed by atoms with Crippen LogP contribution >= 0.6 is 0 Å². The van der Waals surface area contributed by atoms with E-state index >= 15 is 0 Å². The molecule has 3 heterocycles. The summed E-state index contributed by atoms with van der Waals surface area (Å²) < 4.78 is 0. The number of hydrogen-bond acceptors (Lipinski definition) is 4. The zero-order valence-corrected chi connectivity index (χ0v) is 11.7. The molecule has 0 aliphatic carbocycles. The average Bonchev–Trinajstić information content (AvgIpc) is 3.04. The van der Waals surface area contributed by atoms with Gasteiger partial charge in [0.15, 0.2) is 5.69 Å². The van der Waals surface area contributed by atoms with E-state index in [1.54, 1.807) is 12.4 Å². The largest absolute Gasteiger partial charge is 0.476 e. The van der Waals surface area contributed by atoms with Crippen LogP contribution in [0.15, 0.2) is 61.3 Å². The van der Waals surface area contributed by atoms with Crippen molar-refractivity contribution in [3.8, 4) is 11.4 Å². The van der Waals surface area contributed by atoms with Crippen molar-refractivity contribution in [2.45, 2.75) is 0 Å². The van der Waals surface area contributed by atoms with E-state index in [9.17, 15) is 4.79 Å². The van der Waals surface area contributed by atoms with E-state index in [0.717, 1.165) is 11.4 Å². The van der Waals surface area contributed by atoms with Crippen LogP contribution in [0, 0.1) is 0 Å². The summed E-state index contributed by atoms with van der Waals surface area (Å²) in [6, 6.07) is 11.6. The molecule has 0 spiro atoms. The van der Waals surface area contributed by atoms with Crippen molar-refractivity contribution in [1.82, 2.24) is 19.9 Å². The summed E-state index contributed by atoms with van der Waals surface area (Å²) in [5, 5.41) is 8.19. The Bertz CT molecular complexity index is 608. The number of aromatic carboxylic acids is 1. The molecule has 0 aliphatic rings. The molecule has 0 aromatic carbocycles. The van der Waals surface area contributed by atoms with Crippen LogP contribution in [-0.4, -0.2) is 31.0 Å². The number of aromatic nitrogens is 4.